The lowest BCUT2D eigenvalue weighted by Gasteiger charge is -2.31. The van der Waals surface area contributed by atoms with Crippen LogP contribution in [-0.4, -0.2) is 116 Å². The summed E-state index contributed by atoms with van der Waals surface area (Å²) in [5, 5.41) is 26.2. The number of nitrogens with two attached hydrogens (primary N) is 2. The minimum absolute atomic E-state index is 0.00841. The third kappa shape index (κ3) is 12.6. The molecule has 10 N–H and O–H groups in total. The van der Waals surface area contributed by atoms with Crippen LogP contribution in [0.4, 0.5) is 11.6 Å². The largest absolute Gasteiger partial charge is 0.472 e. The molecule has 0 spiro atoms. The monoisotopic (exact) mass is 929 g/mol. The Hall–Kier alpha value is -4.52. The van der Waals surface area contributed by atoms with E-state index >= 15 is 0 Å². The fourth-order valence-corrected chi connectivity index (χ4v) is 8.12. The number of hydrogen-bond acceptors (Lipinski definition) is 18. The fourth-order valence-electron chi connectivity index (χ4n) is 6.60. The SMILES string of the molecule is C=CCCC(=O)N[C@@H](CCc1ccccc1Cl)C(=O)C[C@H]1[C@@H](O)[C@H](n2cnc3c(N)ncnc32)O[C@@H]1COP(=O)(O)O[C@@H]([C@@H](O)n1ccc(N)nc1=O)[C@@H](COP(=O)(O)O)OC. The van der Waals surface area contributed by atoms with Crippen LogP contribution in [0.3, 0.4) is 0 Å². The number of aliphatic hydroxyl groups is 2. The summed E-state index contributed by atoms with van der Waals surface area (Å²) in [6.07, 6.45) is -5.31. The molecule has 1 saturated heterocycles. The Kier molecular flexibility index (Phi) is 16.6. The normalized spacial score (nSPS) is 20.9. The maximum absolute atomic E-state index is 14.2. The minimum Gasteiger partial charge on any atom is -0.388 e. The van der Waals surface area contributed by atoms with Gasteiger partial charge in [0.1, 0.15) is 36.0 Å². The fraction of sp³-hybridized carbons (Fsp3) is 0.457. The van der Waals surface area contributed by atoms with Crippen molar-refractivity contribution in [3.05, 3.63) is 82.9 Å². The van der Waals surface area contributed by atoms with E-state index in [9.17, 15) is 48.4 Å². The lowest BCUT2D eigenvalue weighted by atomic mass is 9.88. The van der Waals surface area contributed by atoms with Gasteiger partial charge in [-0.2, -0.15) is 4.98 Å². The Balaban J connectivity index is 1.44. The highest BCUT2D eigenvalue weighted by Gasteiger charge is 2.48. The molecule has 1 unspecified atom stereocenters. The minimum atomic E-state index is -5.47. The molecule has 0 bridgehead atoms. The van der Waals surface area contributed by atoms with Gasteiger partial charge in [-0.3, -0.25) is 32.3 Å². The van der Waals surface area contributed by atoms with Crippen LogP contribution >= 0.6 is 27.2 Å². The first-order valence-corrected chi connectivity index (χ1v) is 22.1. The van der Waals surface area contributed by atoms with Crippen molar-refractivity contribution in [1.82, 2.24) is 34.4 Å². The molecule has 1 fully saturated rings. The predicted molar refractivity (Wildman–Crippen MR) is 218 cm³/mol. The molecule has 1 aromatic carbocycles. The molecule has 4 aromatic rings. The number of hydrogen-bond donors (Lipinski definition) is 8. The summed E-state index contributed by atoms with van der Waals surface area (Å²) in [5.41, 5.74) is 11.4. The Morgan fingerprint density at radius 3 is 2.55 bits per heavy atom. The van der Waals surface area contributed by atoms with Gasteiger partial charge in [-0.25, -0.2) is 28.9 Å². The summed E-state index contributed by atoms with van der Waals surface area (Å²) in [7, 11) is -9.66. The van der Waals surface area contributed by atoms with Crippen LogP contribution in [0.1, 0.15) is 43.7 Å². The van der Waals surface area contributed by atoms with Crippen molar-refractivity contribution in [2.45, 2.75) is 75.0 Å². The van der Waals surface area contributed by atoms with Crippen molar-refractivity contribution in [3.8, 4) is 0 Å². The number of methoxy groups -OCH3 is 1. The summed E-state index contributed by atoms with van der Waals surface area (Å²) >= 11 is 6.37. The number of benzene rings is 1. The first-order chi connectivity index (χ1) is 29.3. The number of Topliss-reactive ketones (excluding diaryl/α,β-unsaturated/α-hetero) is 1. The van der Waals surface area contributed by atoms with Crippen molar-refractivity contribution >= 4 is 61.7 Å². The van der Waals surface area contributed by atoms with E-state index in [-0.39, 0.29) is 42.1 Å². The van der Waals surface area contributed by atoms with Gasteiger partial charge in [0, 0.05) is 37.1 Å². The Bertz CT molecular complexity index is 2370. The number of aryl methyl sites for hydroxylation is 1. The van der Waals surface area contributed by atoms with E-state index in [4.69, 9.17) is 41.6 Å². The molecular weight excluding hydrogens is 884 g/mol. The smallest absolute Gasteiger partial charge is 0.388 e. The molecule has 62 heavy (non-hydrogen) atoms. The second-order valence-corrected chi connectivity index (χ2v) is 17.0. The number of carbonyl (C=O) groups excluding carboxylic acids is 2. The number of fused-ring (bicyclic) bond motifs is 1. The predicted octanol–water partition coefficient (Wildman–Crippen LogP) is 0.936. The van der Waals surface area contributed by atoms with Crippen molar-refractivity contribution in [3.63, 3.8) is 0 Å². The summed E-state index contributed by atoms with van der Waals surface area (Å²) in [4.78, 5) is 85.2. The zero-order chi connectivity index (χ0) is 45.4. The lowest BCUT2D eigenvalue weighted by molar-refractivity contribution is -0.129. The number of phosphoric ester groups is 2. The number of nitrogens with zero attached hydrogens (tertiary/aromatic N) is 6. The Morgan fingerprint density at radius 2 is 1.87 bits per heavy atom. The first-order valence-electron chi connectivity index (χ1n) is 18.7. The standard InChI is InChI=1S/C35H46ClN9O15P2/c1-3-4-9-27(47)42-22(11-10-19-7-5-6-8-21(19)36)23(46)14-20-24(59-34(29(20)48)45-18-41-28-31(38)39-17-40-32(28)45)15-58-62(54,55)60-30(25(56-2)16-57-61(51,52)53)33(49)44-13-12-26(37)43-35(44)50/h3,5-8,12-13,17-18,20,22,24-25,29-30,33-34,48-49H,1,4,9-11,14-16H2,2H3,(H,42,47)(H,54,55)(H2,37,43,50)(H2,38,39,40)(H2,51,52,53)/t20-,22+,24-,25-,29-,30-,33-,34-/m1/s1. The van der Waals surface area contributed by atoms with Gasteiger partial charge < -0.3 is 51.2 Å². The molecule has 9 atom stereocenters. The van der Waals surface area contributed by atoms with Gasteiger partial charge in [0.05, 0.1) is 31.7 Å². The first kappa shape index (κ1) is 48.5. The molecule has 1 amide bonds. The number of nitrogens with one attached hydrogen (secondary N) is 1. The molecule has 27 heteroatoms. The average molecular weight is 930 g/mol. The molecule has 1 aliphatic heterocycles. The Morgan fingerprint density at radius 1 is 1.13 bits per heavy atom. The number of allylic oxidation sites excluding steroid dienone is 1. The van der Waals surface area contributed by atoms with Crippen LogP contribution in [-0.2, 0) is 48.2 Å². The summed E-state index contributed by atoms with van der Waals surface area (Å²) < 4.78 is 53.5. The second kappa shape index (κ2) is 21.2. The number of nitrogen functional groups attached to an aromatic ring is 2. The molecule has 338 valence electrons. The van der Waals surface area contributed by atoms with Gasteiger partial charge in [-0.15, -0.1) is 6.58 Å². The van der Waals surface area contributed by atoms with E-state index in [2.05, 4.69) is 36.4 Å². The highest BCUT2D eigenvalue weighted by molar-refractivity contribution is 7.47. The van der Waals surface area contributed by atoms with Gasteiger partial charge in [0.15, 0.2) is 29.7 Å². The highest BCUT2D eigenvalue weighted by Crippen LogP contribution is 2.49. The number of phosphoric acid groups is 2. The molecule has 1 aliphatic rings. The van der Waals surface area contributed by atoms with Crippen molar-refractivity contribution in [2.24, 2.45) is 5.92 Å². The maximum Gasteiger partial charge on any atom is 0.472 e. The average Bonchev–Trinajstić information content (AvgIpc) is 3.78. The van der Waals surface area contributed by atoms with Crippen LogP contribution in [0.15, 0.2) is 66.6 Å². The number of ether oxygens (including phenoxy) is 2. The number of carbonyl (C=O) groups is 2. The van der Waals surface area contributed by atoms with Crippen molar-refractivity contribution in [1.29, 1.82) is 0 Å². The van der Waals surface area contributed by atoms with Gasteiger partial charge in [-0.05, 0) is 37.0 Å². The number of halogens is 1. The third-order valence-electron chi connectivity index (χ3n) is 9.74. The van der Waals surface area contributed by atoms with Crippen LogP contribution in [0, 0.1) is 5.92 Å². The van der Waals surface area contributed by atoms with E-state index < -0.39 is 101 Å². The van der Waals surface area contributed by atoms with Crippen LogP contribution in [0.2, 0.25) is 5.02 Å². The van der Waals surface area contributed by atoms with Gasteiger partial charge >= 0.3 is 21.3 Å². The molecule has 0 aliphatic carbocycles. The number of anilines is 2. The number of ketones is 1. The molecule has 3 aromatic heterocycles. The van der Waals surface area contributed by atoms with Gasteiger partial charge in [-0.1, -0.05) is 35.9 Å². The van der Waals surface area contributed by atoms with Crippen molar-refractivity contribution in [2.75, 3.05) is 31.8 Å². The van der Waals surface area contributed by atoms with Crippen LogP contribution in [0.25, 0.3) is 11.2 Å². The topological polar surface area (TPSA) is 358 Å². The van der Waals surface area contributed by atoms with Crippen LogP contribution < -0.4 is 22.5 Å². The van der Waals surface area contributed by atoms with Crippen molar-refractivity contribution < 1.29 is 66.7 Å². The van der Waals surface area contributed by atoms with Crippen LogP contribution in [0.5, 0.6) is 0 Å². The number of aromatic nitrogens is 6. The van der Waals surface area contributed by atoms with E-state index in [0.717, 1.165) is 25.7 Å². The molecule has 0 radical (unpaired) electrons. The molecule has 0 saturated carbocycles. The maximum atomic E-state index is 14.2. The second-order valence-electron chi connectivity index (χ2n) is 13.9. The van der Waals surface area contributed by atoms with E-state index in [1.165, 1.54) is 10.9 Å². The zero-order valence-corrected chi connectivity index (χ0v) is 35.4. The molecular formula is C35H46ClN9O15P2. The summed E-state index contributed by atoms with van der Waals surface area (Å²) in [6.45, 7) is 1.69. The quantitative estimate of drug-likeness (QED) is 0.0379. The number of imidazole rings is 1. The number of amides is 1. The Labute approximate surface area is 357 Å². The third-order valence-corrected chi connectivity index (χ3v) is 11.6. The zero-order valence-electron chi connectivity index (χ0n) is 32.9. The molecule has 24 nitrogen and oxygen atoms in total. The summed E-state index contributed by atoms with van der Waals surface area (Å²) in [6, 6.07) is 6.96. The van der Waals surface area contributed by atoms with Gasteiger partial charge in [0.25, 0.3) is 0 Å². The number of aliphatic hydroxyl groups excluding tert-OH is 2. The lowest BCUT2D eigenvalue weighted by Crippen LogP contribution is -2.44. The van der Waals surface area contributed by atoms with E-state index in [1.54, 1.807) is 30.3 Å². The van der Waals surface area contributed by atoms with Gasteiger partial charge in [0.2, 0.25) is 5.91 Å². The summed E-state index contributed by atoms with van der Waals surface area (Å²) in [5.74, 6) is -2.45. The van der Waals surface area contributed by atoms with E-state index in [0.29, 0.717) is 21.6 Å². The highest BCUT2D eigenvalue weighted by atomic mass is 35.5. The van der Waals surface area contributed by atoms with E-state index in [1.807, 2.05) is 0 Å². The molecule has 4 heterocycles. The molecule has 5 rings (SSSR count). The number of rotatable bonds is 23.